The molecule has 1 saturated heterocycles. The quantitative estimate of drug-likeness (QED) is 0.550. The van der Waals surface area contributed by atoms with Crippen LogP contribution in [0, 0.1) is 0 Å². The molecule has 0 spiro atoms. The van der Waals surface area contributed by atoms with E-state index in [0.717, 1.165) is 29.7 Å². The van der Waals surface area contributed by atoms with Gasteiger partial charge < -0.3 is 15.4 Å². The minimum Gasteiger partial charge on any atom is -0.445 e. The molecule has 6 nitrogen and oxygen atoms in total. The molecule has 3 aromatic carbocycles. The Labute approximate surface area is 194 Å². The fourth-order valence-electron chi connectivity index (χ4n) is 4.13. The number of ether oxygens (including phenoxy) is 1. The molecule has 0 aliphatic carbocycles. The number of benzene rings is 3. The number of nitrogens with one attached hydrogen (secondary N) is 2. The lowest BCUT2D eigenvalue weighted by atomic mass is 10.0. The zero-order valence-corrected chi connectivity index (χ0v) is 18.8. The summed E-state index contributed by atoms with van der Waals surface area (Å²) in [5.74, 6) is -0.190. The van der Waals surface area contributed by atoms with E-state index in [-0.39, 0.29) is 12.5 Å². The lowest BCUT2D eigenvalue weighted by Gasteiger charge is -2.23. The smallest absolute Gasteiger partial charge is 0.410 e. The Morgan fingerprint density at radius 1 is 0.939 bits per heavy atom. The fourth-order valence-corrected chi connectivity index (χ4v) is 4.13. The predicted octanol–water partition coefficient (Wildman–Crippen LogP) is 4.81. The van der Waals surface area contributed by atoms with E-state index in [2.05, 4.69) is 28.8 Å². The maximum atomic E-state index is 13.0. The van der Waals surface area contributed by atoms with Gasteiger partial charge in [0.1, 0.15) is 12.6 Å². The van der Waals surface area contributed by atoms with E-state index in [1.165, 1.54) is 10.5 Å². The van der Waals surface area contributed by atoms with Gasteiger partial charge in [-0.25, -0.2) is 4.79 Å². The van der Waals surface area contributed by atoms with Gasteiger partial charge in [-0.1, -0.05) is 60.7 Å². The van der Waals surface area contributed by atoms with E-state index in [0.29, 0.717) is 18.7 Å². The van der Waals surface area contributed by atoms with Crippen LogP contribution in [-0.2, 0) is 22.7 Å². The van der Waals surface area contributed by atoms with Crippen molar-refractivity contribution in [2.45, 2.75) is 32.0 Å². The molecule has 6 heteroatoms. The molecule has 0 unspecified atom stereocenters. The third-order valence-corrected chi connectivity index (χ3v) is 5.77. The third kappa shape index (κ3) is 5.79. The summed E-state index contributed by atoms with van der Waals surface area (Å²) in [6.07, 6.45) is 0.945. The summed E-state index contributed by atoms with van der Waals surface area (Å²) in [5, 5.41) is 6.16. The standard InChI is InChI=1S/C27H29N3O3/c1-28-18-21-10-5-11-22(16-21)23-12-6-13-24(17-23)29-26(31)25-14-7-15-30(25)27(32)33-19-20-8-3-2-4-9-20/h2-6,8-13,16-17,25,28H,7,14-15,18-19H2,1H3,(H,29,31)/t25-/m0/s1. The summed E-state index contributed by atoms with van der Waals surface area (Å²) in [6, 6.07) is 25.1. The number of carbonyl (C=O) groups excluding carboxylic acids is 2. The first-order chi connectivity index (χ1) is 16.1. The van der Waals surface area contributed by atoms with Gasteiger partial charge in [-0.15, -0.1) is 0 Å². The minimum absolute atomic E-state index is 0.190. The van der Waals surface area contributed by atoms with E-state index in [9.17, 15) is 9.59 Å². The van der Waals surface area contributed by atoms with Crippen molar-refractivity contribution in [3.63, 3.8) is 0 Å². The van der Waals surface area contributed by atoms with Crippen LogP contribution in [0.4, 0.5) is 10.5 Å². The van der Waals surface area contributed by atoms with Crippen molar-refractivity contribution < 1.29 is 14.3 Å². The number of carbonyl (C=O) groups is 2. The number of hydrogen-bond donors (Lipinski definition) is 2. The minimum atomic E-state index is -0.532. The lowest BCUT2D eigenvalue weighted by molar-refractivity contribution is -0.120. The van der Waals surface area contributed by atoms with Crippen LogP contribution in [0.2, 0.25) is 0 Å². The van der Waals surface area contributed by atoms with Crippen molar-refractivity contribution in [2.75, 3.05) is 18.9 Å². The Morgan fingerprint density at radius 3 is 2.45 bits per heavy atom. The van der Waals surface area contributed by atoms with Crippen molar-refractivity contribution in [2.24, 2.45) is 0 Å². The highest BCUT2D eigenvalue weighted by Gasteiger charge is 2.35. The summed E-state index contributed by atoms with van der Waals surface area (Å²) in [7, 11) is 1.92. The molecular formula is C27H29N3O3. The van der Waals surface area contributed by atoms with E-state index < -0.39 is 12.1 Å². The highest BCUT2D eigenvalue weighted by Crippen LogP contribution is 2.25. The molecule has 3 aromatic rings. The van der Waals surface area contributed by atoms with E-state index in [1.54, 1.807) is 0 Å². The van der Waals surface area contributed by atoms with Crippen LogP contribution in [0.1, 0.15) is 24.0 Å². The zero-order valence-electron chi connectivity index (χ0n) is 18.8. The second-order valence-corrected chi connectivity index (χ2v) is 8.19. The summed E-state index contributed by atoms with van der Waals surface area (Å²) < 4.78 is 5.45. The molecule has 0 radical (unpaired) electrons. The van der Waals surface area contributed by atoms with Gasteiger partial charge in [0.2, 0.25) is 5.91 Å². The van der Waals surface area contributed by atoms with Crippen molar-refractivity contribution in [3.05, 3.63) is 90.0 Å². The Kier molecular flexibility index (Phi) is 7.37. The van der Waals surface area contributed by atoms with Gasteiger partial charge in [-0.3, -0.25) is 9.69 Å². The first-order valence-corrected chi connectivity index (χ1v) is 11.3. The average molecular weight is 444 g/mol. The van der Waals surface area contributed by atoms with E-state index >= 15 is 0 Å². The highest BCUT2D eigenvalue weighted by molar-refractivity contribution is 5.97. The SMILES string of the molecule is CNCc1cccc(-c2cccc(NC(=O)[C@@H]3CCCN3C(=O)OCc3ccccc3)c2)c1. The number of nitrogens with zero attached hydrogens (tertiary/aromatic N) is 1. The summed E-state index contributed by atoms with van der Waals surface area (Å²) in [5.41, 5.74) is 4.94. The Hall–Kier alpha value is -3.64. The molecule has 1 heterocycles. The van der Waals surface area contributed by atoms with Gasteiger partial charge in [0, 0.05) is 18.8 Å². The van der Waals surface area contributed by atoms with Crippen molar-refractivity contribution >= 4 is 17.7 Å². The summed E-state index contributed by atoms with van der Waals surface area (Å²) >= 11 is 0. The molecule has 4 rings (SSSR count). The number of rotatable bonds is 7. The van der Waals surface area contributed by atoms with Gasteiger partial charge in [0.05, 0.1) is 0 Å². The zero-order chi connectivity index (χ0) is 23.0. The van der Waals surface area contributed by atoms with Gasteiger partial charge >= 0.3 is 6.09 Å². The van der Waals surface area contributed by atoms with Crippen LogP contribution in [0.25, 0.3) is 11.1 Å². The van der Waals surface area contributed by atoms with Crippen LogP contribution in [0.3, 0.4) is 0 Å². The van der Waals surface area contributed by atoms with Crippen LogP contribution in [0.5, 0.6) is 0 Å². The van der Waals surface area contributed by atoms with Crippen molar-refractivity contribution in [1.29, 1.82) is 0 Å². The van der Waals surface area contributed by atoms with Crippen molar-refractivity contribution in [1.82, 2.24) is 10.2 Å². The number of amides is 2. The molecule has 2 N–H and O–H groups in total. The molecule has 0 saturated carbocycles. The molecule has 33 heavy (non-hydrogen) atoms. The third-order valence-electron chi connectivity index (χ3n) is 5.77. The van der Waals surface area contributed by atoms with Gasteiger partial charge in [0.15, 0.2) is 0 Å². The predicted molar refractivity (Wildman–Crippen MR) is 130 cm³/mol. The van der Waals surface area contributed by atoms with Gasteiger partial charge in [-0.05, 0) is 60.3 Å². The molecule has 1 aliphatic rings. The molecule has 0 aromatic heterocycles. The second kappa shape index (κ2) is 10.8. The first-order valence-electron chi connectivity index (χ1n) is 11.3. The number of hydrogen-bond acceptors (Lipinski definition) is 4. The van der Waals surface area contributed by atoms with Crippen LogP contribution < -0.4 is 10.6 Å². The number of likely N-dealkylation sites (tertiary alicyclic amines) is 1. The molecule has 170 valence electrons. The molecule has 2 amide bonds. The molecular weight excluding hydrogens is 414 g/mol. The lowest BCUT2D eigenvalue weighted by Crippen LogP contribution is -2.43. The maximum Gasteiger partial charge on any atom is 0.410 e. The largest absolute Gasteiger partial charge is 0.445 e. The second-order valence-electron chi connectivity index (χ2n) is 8.19. The maximum absolute atomic E-state index is 13.0. The Balaban J connectivity index is 1.40. The monoisotopic (exact) mass is 443 g/mol. The number of anilines is 1. The Morgan fingerprint density at radius 2 is 1.67 bits per heavy atom. The summed E-state index contributed by atoms with van der Waals surface area (Å²) in [6.45, 7) is 1.51. The van der Waals surface area contributed by atoms with Gasteiger partial charge in [-0.2, -0.15) is 0 Å². The Bertz CT molecular complexity index is 1100. The molecule has 1 aliphatic heterocycles. The van der Waals surface area contributed by atoms with E-state index in [4.69, 9.17) is 4.74 Å². The van der Waals surface area contributed by atoms with Crippen LogP contribution in [-0.4, -0.2) is 36.5 Å². The van der Waals surface area contributed by atoms with Crippen LogP contribution in [0.15, 0.2) is 78.9 Å². The summed E-state index contributed by atoms with van der Waals surface area (Å²) in [4.78, 5) is 27.2. The normalized spacial score (nSPS) is 15.3. The van der Waals surface area contributed by atoms with Crippen molar-refractivity contribution in [3.8, 4) is 11.1 Å². The molecule has 1 atom stereocenters. The van der Waals surface area contributed by atoms with Gasteiger partial charge in [0.25, 0.3) is 0 Å². The topological polar surface area (TPSA) is 70.7 Å². The molecule has 0 bridgehead atoms. The molecule has 1 fully saturated rings. The average Bonchev–Trinajstić information content (AvgIpc) is 3.34. The van der Waals surface area contributed by atoms with E-state index in [1.807, 2.05) is 67.7 Å². The first kappa shape index (κ1) is 22.6. The van der Waals surface area contributed by atoms with Crippen LogP contribution >= 0.6 is 0 Å². The fraction of sp³-hybridized carbons (Fsp3) is 0.259. The highest BCUT2D eigenvalue weighted by atomic mass is 16.6.